The Morgan fingerprint density at radius 2 is 1.00 bits per heavy atom. The van der Waals surface area contributed by atoms with Crippen LogP contribution in [0.4, 0.5) is 17.1 Å². The fourth-order valence-corrected chi connectivity index (χ4v) is 12.8. The molecular formula is C53H37IN2O2. The number of furan rings is 2. The van der Waals surface area contributed by atoms with Crippen molar-refractivity contribution >= 4 is 84.8 Å². The van der Waals surface area contributed by atoms with Crippen molar-refractivity contribution in [1.29, 1.82) is 0 Å². The van der Waals surface area contributed by atoms with E-state index in [-0.39, 0.29) is 5.41 Å². The van der Waals surface area contributed by atoms with E-state index in [1.54, 1.807) is 0 Å². The van der Waals surface area contributed by atoms with Crippen molar-refractivity contribution in [3.05, 3.63) is 185 Å². The first-order valence-electron chi connectivity index (χ1n) is 19.8. The van der Waals surface area contributed by atoms with Gasteiger partial charge in [0.25, 0.3) is 0 Å². The molecule has 58 heavy (non-hydrogen) atoms. The van der Waals surface area contributed by atoms with Crippen LogP contribution in [0.3, 0.4) is 0 Å². The average Bonchev–Trinajstić information content (AvgIpc) is 3.59. The van der Waals surface area contributed by atoms with Crippen LogP contribution in [-0.4, -0.2) is 3.72 Å². The topological polar surface area (TPSA) is 41.9 Å². The van der Waals surface area contributed by atoms with E-state index in [0.717, 1.165) is 77.8 Å². The number of nitrogens with zero attached hydrogens (tertiary/aromatic N) is 2. The van der Waals surface area contributed by atoms with Crippen LogP contribution >= 0.6 is 20.1 Å². The van der Waals surface area contributed by atoms with E-state index in [2.05, 4.69) is 177 Å². The van der Waals surface area contributed by atoms with E-state index in [4.69, 9.17) is 12.0 Å². The molecule has 4 nitrogen and oxygen atoms in total. The Labute approximate surface area is 343 Å². The molecule has 1 aliphatic carbocycles. The first-order chi connectivity index (χ1) is 28.4. The van der Waals surface area contributed by atoms with Crippen LogP contribution in [0.2, 0.25) is 0 Å². The van der Waals surface area contributed by atoms with Gasteiger partial charge in [0.1, 0.15) is 11.2 Å². The third-order valence-electron chi connectivity index (χ3n) is 12.2. The molecule has 0 spiro atoms. The number of halogens is 1. The second-order valence-electron chi connectivity index (χ2n) is 15.9. The summed E-state index contributed by atoms with van der Waals surface area (Å²) >= 11 is -1.60. The average molecular weight is 861 g/mol. The second kappa shape index (κ2) is 12.5. The predicted octanol–water partition coefficient (Wildman–Crippen LogP) is 15.6. The summed E-state index contributed by atoms with van der Waals surface area (Å²) in [6, 6.07) is 61.5. The van der Waals surface area contributed by atoms with Gasteiger partial charge in [-0.15, -0.1) is 0 Å². The number of rotatable bonds is 6. The summed E-state index contributed by atoms with van der Waals surface area (Å²) in [5.74, 6) is 0. The number of fused-ring (bicyclic) bond motifs is 9. The third-order valence-corrected chi connectivity index (χ3v) is 16.5. The summed E-state index contributed by atoms with van der Waals surface area (Å²) in [6.07, 6.45) is 0. The standard InChI is InChI=1S/C53H37IN2O2/c1-32-54(55-32)35-29-45(52-46(30-35)43-13-6-9-18-50(43)58-52)34-21-25-37(26-22-34)56(38-27-28-41-40-11-4-7-16-47(40)53(2,3)48(41)31-38)36-23-19-33(20-24-36)39-14-10-15-44-42-12-5-8-17-49(42)57-51(39)44/h4-31H,1-3H3. The third kappa shape index (κ3) is 5.09. The zero-order chi connectivity index (χ0) is 38.7. The van der Waals surface area contributed by atoms with Gasteiger partial charge in [0, 0.05) is 16.3 Å². The molecule has 12 rings (SSSR count). The Morgan fingerprint density at radius 3 is 1.69 bits per heavy atom. The number of anilines is 3. The molecule has 0 saturated carbocycles. The maximum atomic E-state index is 6.58. The molecule has 0 amide bonds. The van der Waals surface area contributed by atoms with Crippen LogP contribution in [0.5, 0.6) is 0 Å². The minimum atomic E-state index is -1.60. The molecule has 10 aromatic rings. The molecule has 0 unspecified atom stereocenters. The van der Waals surface area contributed by atoms with E-state index < -0.39 is 20.1 Å². The summed E-state index contributed by atoms with van der Waals surface area (Å²) in [7, 11) is 0. The molecule has 2 aliphatic rings. The summed E-state index contributed by atoms with van der Waals surface area (Å²) in [6.45, 7) is 6.87. The SMILES string of the molecule is CC1=NI1c1cc(-c2ccc(N(c3ccc(-c4cccc5c4oc4ccccc45)cc3)c3ccc4c(c3)C(C)(C)c3ccccc3-4)cc2)c2oc3ccccc3c2c1. The quantitative estimate of drug-likeness (QED) is 0.156. The molecule has 0 saturated heterocycles. The second-order valence-corrected chi connectivity index (χ2v) is 20.7. The molecule has 278 valence electrons. The zero-order valence-electron chi connectivity index (χ0n) is 32.3. The van der Waals surface area contributed by atoms with Crippen LogP contribution in [0.1, 0.15) is 31.9 Å². The Kier molecular flexibility index (Phi) is 7.27. The maximum absolute atomic E-state index is 6.58. The van der Waals surface area contributed by atoms with Gasteiger partial charge in [-0.1, -0.05) is 74.5 Å². The molecular weight excluding hydrogens is 823 g/mol. The van der Waals surface area contributed by atoms with Crippen molar-refractivity contribution in [2.75, 3.05) is 4.90 Å². The van der Waals surface area contributed by atoms with Crippen molar-refractivity contribution < 1.29 is 8.83 Å². The Bertz CT molecular complexity index is 3330. The normalized spacial score (nSPS) is 14.6. The fourth-order valence-electron chi connectivity index (χ4n) is 9.25. The van der Waals surface area contributed by atoms with Gasteiger partial charge in [0.2, 0.25) is 0 Å². The molecule has 0 bridgehead atoms. The van der Waals surface area contributed by atoms with Gasteiger partial charge in [0.05, 0.1) is 0 Å². The van der Waals surface area contributed by atoms with Crippen LogP contribution in [0, 0.1) is 3.57 Å². The number of hydrogen-bond acceptors (Lipinski definition) is 4. The minimum absolute atomic E-state index is 0.122. The van der Waals surface area contributed by atoms with Crippen LogP contribution in [-0.2, 0) is 5.41 Å². The number of benzene rings is 8. The van der Waals surface area contributed by atoms with E-state index in [0.29, 0.717) is 0 Å². The Balaban J connectivity index is 0.990. The van der Waals surface area contributed by atoms with Gasteiger partial charge in [-0.05, 0) is 17.2 Å². The van der Waals surface area contributed by atoms with Crippen molar-refractivity contribution in [3.8, 4) is 33.4 Å². The van der Waals surface area contributed by atoms with Gasteiger partial charge < -0.3 is 4.42 Å². The predicted molar refractivity (Wildman–Crippen MR) is 250 cm³/mol. The van der Waals surface area contributed by atoms with Gasteiger partial charge in [-0.2, -0.15) is 0 Å². The molecule has 0 radical (unpaired) electrons. The van der Waals surface area contributed by atoms with Crippen molar-refractivity contribution in [2.24, 2.45) is 3.21 Å². The van der Waals surface area contributed by atoms with Crippen molar-refractivity contribution in [3.63, 3.8) is 0 Å². The molecule has 0 N–H and O–H groups in total. The summed E-state index contributed by atoms with van der Waals surface area (Å²) in [5.41, 5.74) is 16.6. The molecule has 8 aromatic carbocycles. The van der Waals surface area contributed by atoms with Crippen LogP contribution < -0.4 is 4.90 Å². The van der Waals surface area contributed by atoms with Gasteiger partial charge >= 0.3 is 222 Å². The summed E-state index contributed by atoms with van der Waals surface area (Å²) < 4.78 is 20.6. The Morgan fingerprint density at radius 1 is 0.466 bits per heavy atom. The summed E-state index contributed by atoms with van der Waals surface area (Å²) in [5, 5.41) is 4.59. The van der Waals surface area contributed by atoms with E-state index in [1.807, 2.05) is 18.2 Å². The molecule has 1 aliphatic heterocycles. The van der Waals surface area contributed by atoms with Crippen LogP contribution in [0.15, 0.2) is 182 Å². The van der Waals surface area contributed by atoms with Crippen molar-refractivity contribution in [1.82, 2.24) is 0 Å². The first kappa shape index (κ1) is 33.7. The van der Waals surface area contributed by atoms with E-state index in [9.17, 15) is 0 Å². The monoisotopic (exact) mass is 860 g/mol. The van der Waals surface area contributed by atoms with E-state index in [1.165, 1.54) is 34.9 Å². The summed E-state index contributed by atoms with van der Waals surface area (Å²) in [4.78, 5) is 2.39. The van der Waals surface area contributed by atoms with E-state index >= 15 is 0 Å². The van der Waals surface area contributed by atoms with Gasteiger partial charge in [0.15, 0.2) is 0 Å². The molecule has 5 heteroatoms. The molecule has 3 heterocycles. The first-order valence-corrected chi connectivity index (χ1v) is 22.9. The number of para-hydroxylation sites is 3. The molecule has 2 aromatic heterocycles. The Hall–Kier alpha value is -6.44. The van der Waals surface area contributed by atoms with Gasteiger partial charge in [-0.3, -0.25) is 0 Å². The fraction of sp³-hybridized carbons (Fsp3) is 0.0755. The zero-order valence-corrected chi connectivity index (χ0v) is 34.4. The molecule has 0 fully saturated rings. The van der Waals surface area contributed by atoms with Crippen molar-refractivity contribution in [2.45, 2.75) is 26.2 Å². The van der Waals surface area contributed by atoms with Crippen LogP contribution in [0.25, 0.3) is 77.3 Å². The molecule has 0 atom stereocenters. The number of hydrogen-bond donors (Lipinski definition) is 0. The van der Waals surface area contributed by atoms with Gasteiger partial charge in [-0.25, -0.2) is 0 Å².